The van der Waals surface area contributed by atoms with Crippen LogP contribution in [0.15, 0.2) is 30.5 Å². The number of hydrogen-bond donors (Lipinski definition) is 1. The molecular formula is C18H21N3O3. The van der Waals surface area contributed by atoms with E-state index in [1.807, 2.05) is 30.3 Å². The number of hydrogen-bond acceptors (Lipinski definition) is 5. The van der Waals surface area contributed by atoms with Crippen LogP contribution in [-0.4, -0.2) is 23.8 Å². The molecule has 0 bridgehead atoms. The van der Waals surface area contributed by atoms with Crippen molar-refractivity contribution in [1.82, 2.24) is 4.57 Å². The maximum Gasteiger partial charge on any atom is 0.357 e. The number of nitrogen functional groups attached to an aromatic ring is 1. The highest BCUT2D eigenvalue weighted by Gasteiger charge is 2.23. The lowest BCUT2D eigenvalue weighted by molar-refractivity contribution is 0.0593. The van der Waals surface area contributed by atoms with E-state index in [0.717, 1.165) is 12.8 Å². The van der Waals surface area contributed by atoms with Gasteiger partial charge < -0.3 is 19.8 Å². The average molecular weight is 327 g/mol. The fourth-order valence-electron chi connectivity index (χ4n) is 2.50. The number of para-hydroxylation sites is 2. The summed E-state index contributed by atoms with van der Waals surface area (Å²) in [6.07, 6.45) is 3.32. The maximum atomic E-state index is 12.1. The van der Waals surface area contributed by atoms with Crippen molar-refractivity contribution in [1.29, 1.82) is 5.26 Å². The van der Waals surface area contributed by atoms with Crippen LogP contribution in [-0.2, 0) is 4.74 Å². The van der Waals surface area contributed by atoms with Gasteiger partial charge in [0, 0.05) is 6.20 Å². The zero-order valence-corrected chi connectivity index (χ0v) is 14.1. The second-order valence-corrected chi connectivity index (χ2v) is 5.30. The van der Waals surface area contributed by atoms with E-state index in [1.54, 1.807) is 4.57 Å². The van der Waals surface area contributed by atoms with Crippen molar-refractivity contribution in [2.45, 2.75) is 32.8 Å². The predicted octanol–water partition coefficient (Wildman–Crippen LogP) is 3.29. The number of ether oxygens (including phenoxy) is 2. The molecule has 6 heteroatoms. The van der Waals surface area contributed by atoms with Gasteiger partial charge in [-0.05, 0) is 25.0 Å². The van der Waals surface area contributed by atoms with Gasteiger partial charge in [-0.3, -0.25) is 0 Å². The zero-order chi connectivity index (χ0) is 17.7. The first-order chi connectivity index (χ1) is 11.6. The standard InChI is InChI=1S/C18H21N3O3/c1-4-13(5-2)24-15-9-7-6-8-14(15)21-11-12(10-19)16(20)17(21)18(22)23-3/h6-9,11,13H,4-5,20H2,1-3H3. The highest BCUT2D eigenvalue weighted by atomic mass is 16.5. The Morgan fingerprint density at radius 2 is 2.00 bits per heavy atom. The van der Waals surface area contributed by atoms with Gasteiger partial charge in [0.05, 0.1) is 30.2 Å². The predicted molar refractivity (Wildman–Crippen MR) is 91.2 cm³/mol. The SMILES string of the molecule is CCC(CC)Oc1ccccc1-n1cc(C#N)c(N)c1C(=O)OC. The van der Waals surface area contributed by atoms with Crippen LogP contribution in [0, 0.1) is 11.3 Å². The number of carbonyl (C=O) groups excluding carboxylic acids is 1. The Bertz CT molecular complexity index is 770. The molecule has 126 valence electrons. The molecule has 24 heavy (non-hydrogen) atoms. The van der Waals surface area contributed by atoms with Gasteiger partial charge >= 0.3 is 5.97 Å². The molecule has 1 heterocycles. The van der Waals surface area contributed by atoms with Gasteiger partial charge in [-0.15, -0.1) is 0 Å². The van der Waals surface area contributed by atoms with Crippen molar-refractivity contribution < 1.29 is 14.3 Å². The molecule has 2 aromatic rings. The fourth-order valence-corrected chi connectivity index (χ4v) is 2.50. The summed E-state index contributed by atoms with van der Waals surface area (Å²) in [6, 6.07) is 9.32. The molecule has 0 aliphatic heterocycles. The van der Waals surface area contributed by atoms with Gasteiger partial charge in [-0.25, -0.2) is 4.79 Å². The molecule has 6 nitrogen and oxygen atoms in total. The third-order valence-corrected chi connectivity index (χ3v) is 3.87. The average Bonchev–Trinajstić information content (AvgIpc) is 2.95. The minimum absolute atomic E-state index is 0.0658. The Morgan fingerprint density at radius 3 is 2.58 bits per heavy atom. The van der Waals surface area contributed by atoms with E-state index in [4.69, 9.17) is 15.2 Å². The summed E-state index contributed by atoms with van der Waals surface area (Å²) in [5, 5.41) is 9.22. The molecule has 0 atom stereocenters. The number of nitrogens with two attached hydrogens (primary N) is 1. The normalized spacial score (nSPS) is 10.5. The van der Waals surface area contributed by atoms with Crippen molar-refractivity contribution >= 4 is 11.7 Å². The number of rotatable bonds is 6. The number of nitriles is 1. The van der Waals surface area contributed by atoms with Crippen LogP contribution in [0.1, 0.15) is 42.7 Å². The van der Waals surface area contributed by atoms with Crippen LogP contribution in [0.5, 0.6) is 5.75 Å². The van der Waals surface area contributed by atoms with Crippen LogP contribution >= 0.6 is 0 Å². The van der Waals surface area contributed by atoms with Gasteiger partial charge in [0.15, 0.2) is 5.69 Å². The highest BCUT2D eigenvalue weighted by molar-refractivity contribution is 5.96. The lowest BCUT2D eigenvalue weighted by atomic mass is 10.2. The van der Waals surface area contributed by atoms with E-state index in [-0.39, 0.29) is 23.0 Å². The fraction of sp³-hybridized carbons (Fsp3) is 0.333. The van der Waals surface area contributed by atoms with E-state index in [9.17, 15) is 10.1 Å². The summed E-state index contributed by atoms with van der Waals surface area (Å²) in [7, 11) is 1.28. The molecule has 0 amide bonds. The van der Waals surface area contributed by atoms with Crippen molar-refractivity contribution in [2.24, 2.45) is 0 Å². The molecule has 0 radical (unpaired) electrons. The molecule has 0 saturated carbocycles. The number of anilines is 1. The number of aromatic nitrogens is 1. The maximum absolute atomic E-state index is 12.1. The molecule has 0 spiro atoms. The minimum Gasteiger partial charge on any atom is -0.488 e. The molecule has 0 aliphatic carbocycles. The van der Waals surface area contributed by atoms with Gasteiger partial charge in [0.25, 0.3) is 0 Å². The number of carbonyl (C=O) groups is 1. The van der Waals surface area contributed by atoms with Crippen LogP contribution in [0.2, 0.25) is 0 Å². The van der Waals surface area contributed by atoms with Crippen molar-refractivity contribution in [3.63, 3.8) is 0 Å². The van der Waals surface area contributed by atoms with Crippen LogP contribution < -0.4 is 10.5 Å². The first-order valence-corrected chi connectivity index (χ1v) is 7.82. The second kappa shape index (κ2) is 7.55. The van der Waals surface area contributed by atoms with Crippen LogP contribution in [0.25, 0.3) is 5.69 Å². The topological polar surface area (TPSA) is 90.3 Å². The Morgan fingerprint density at radius 1 is 1.33 bits per heavy atom. The second-order valence-electron chi connectivity index (χ2n) is 5.30. The number of benzene rings is 1. The van der Waals surface area contributed by atoms with Gasteiger partial charge in [0.2, 0.25) is 0 Å². The van der Waals surface area contributed by atoms with E-state index >= 15 is 0 Å². The molecule has 0 unspecified atom stereocenters. The van der Waals surface area contributed by atoms with Crippen LogP contribution in [0.3, 0.4) is 0 Å². The molecule has 2 rings (SSSR count). The molecular weight excluding hydrogens is 306 g/mol. The summed E-state index contributed by atoms with van der Waals surface area (Å²) < 4.78 is 12.4. The first-order valence-electron chi connectivity index (χ1n) is 7.82. The number of nitrogens with zero attached hydrogens (tertiary/aromatic N) is 2. The summed E-state index contributed by atoms with van der Waals surface area (Å²) in [4.78, 5) is 12.1. The summed E-state index contributed by atoms with van der Waals surface area (Å²) in [5.41, 5.74) is 7.02. The van der Waals surface area contributed by atoms with E-state index in [0.29, 0.717) is 11.4 Å². The molecule has 1 aromatic heterocycles. The van der Waals surface area contributed by atoms with Crippen molar-refractivity contribution in [3.8, 4) is 17.5 Å². The van der Waals surface area contributed by atoms with E-state index in [2.05, 4.69) is 13.8 Å². The summed E-state index contributed by atoms with van der Waals surface area (Å²) >= 11 is 0. The molecule has 2 N–H and O–H groups in total. The quantitative estimate of drug-likeness (QED) is 0.822. The lowest BCUT2D eigenvalue weighted by Gasteiger charge is -2.19. The minimum atomic E-state index is -0.605. The zero-order valence-electron chi connectivity index (χ0n) is 14.1. The Balaban J connectivity index is 2.61. The smallest absolute Gasteiger partial charge is 0.357 e. The Kier molecular flexibility index (Phi) is 5.48. The Hall–Kier alpha value is -2.94. The summed E-state index contributed by atoms with van der Waals surface area (Å²) in [5.74, 6) is 0.0159. The lowest BCUT2D eigenvalue weighted by Crippen LogP contribution is -2.16. The van der Waals surface area contributed by atoms with Gasteiger partial charge in [-0.2, -0.15) is 5.26 Å². The first kappa shape index (κ1) is 17.4. The third-order valence-electron chi connectivity index (χ3n) is 3.87. The Labute approximate surface area is 141 Å². The number of esters is 1. The monoisotopic (exact) mass is 327 g/mol. The summed E-state index contributed by atoms with van der Waals surface area (Å²) in [6.45, 7) is 4.11. The molecule has 0 aliphatic rings. The van der Waals surface area contributed by atoms with Crippen molar-refractivity contribution in [2.75, 3.05) is 12.8 Å². The molecule has 0 fully saturated rings. The molecule has 1 aromatic carbocycles. The van der Waals surface area contributed by atoms with Crippen molar-refractivity contribution in [3.05, 3.63) is 41.7 Å². The van der Waals surface area contributed by atoms with Gasteiger partial charge in [-0.1, -0.05) is 26.0 Å². The number of methoxy groups -OCH3 is 1. The largest absolute Gasteiger partial charge is 0.488 e. The third kappa shape index (κ3) is 3.20. The van der Waals surface area contributed by atoms with Crippen LogP contribution in [0.4, 0.5) is 5.69 Å². The van der Waals surface area contributed by atoms with Gasteiger partial charge in [0.1, 0.15) is 11.8 Å². The van der Waals surface area contributed by atoms with E-state index < -0.39 is 5.97 Å². The molecule has 0 saturated heterocycles. The highest BCUT2D eigenvalue weighted by Crippen LogP contribution is 2.31. The van der Waals surface area contributed by atoms with E-state index in [1.165, 1.54) is 13.3 Å².